The number of carboxylic acid groups (broad SMARTS) is 1. The van der Waals surface area contributed by atoms with Crippen molar-refractivity contribution >= 4 is 21.7 Å². The van der Waals surface area contributed by atoms with Gasteiger partial charge in [0.05, 0.1) is 16.1 Å². The van der Waals surface area contributed by atoms with Gasteiger partial charge in [-0.25, -0.2) is 8.42 Å². The minimum absolute atomic E-state index is 0.113. The molecule has 1 saturated carbocycles. The highest BCUT2D eigenvalue weighted by atomic mass is 32.2. The van der Waals surface area contributed by atoms with Crippen molar-refractivity contribution in [2.24, 2.45) is 11.3 Å². The van der Waals surface area contributed by atoms with E-state index in [0.717, 1.165) is 12.8 Å². The summed E-state index contributed by atoms with van der Waals surface area (Å²) >= 11 is 0. The molecule has 25 heavy (non-hydrogen) atoms. The number of benzene rings is 1. The van der Waals surface area contributed by atoms with Crippen LogP contribution in [0.5, 0.6) is 0 Å². The summed E-state index contributed by atoms with van der Waals surface area (Å²) in [7, 11) is -3.35. The smallest absolute Gasteiger partial charge is 0.307 e. The average molecular weight is 365 g/mol. The lowest BCUT2D eigenvalue weighted by Crippen LogP contribution is -2.40. The second kappa shape index (κ2) is 6.12. The van der Waals surface area contributed by atoms with Gasteiger partial charge in [0.25, 0.3) is 5.91 Å². The molecule has 1 saturated heterocycles. The first-order valence-corrected chi connectivity index (χ1v) is 10.1. The summed E-state index contributed by atoms with van der Waals surface area (Å²) in [6.45, 7) is 4.35. The number of likely N-dealkylation sites (tertiary alicyclic amines) is 1. The predicted octanol–water partition coefficient (Wildman–Crippen LogP) is 2.20. The lowest BCUT2D eigenvalue weighted by atomic mass is 9.90. The third kappa shape index (κ3) is 3.17. The Hall–Kier alpha value is -1.89. The second-order valence-electron chi connectivity index (χ2n) is 7.37. The van der Waals surface area contributed by atoms with E-state index in [-0.39, 0.29) is 22.1 Å². The maximum Gasteiger partial charge on any atom is 0.307 e. The molecule has 1 N–H and O–H groups in total. The zero-order valence-corrected chi connectivity index (χ0v) is 15.3. The monoisotopic (exact) mass is 365 g/mol. The molecule has 1 aromatic rings. The van der Waals surface area contributed by atoms with E-state index >= 15 is 0 Å². The fraction of sp³-hybridized carbons (Fsp3) is 0.556. The van der Waals surface area contributed by atoms with Crippen LogP contribution in [0.1, 0.15) is 43.5 Å². The van der Waals surface area contributed by atoms with E-state index in [9.17, 15) is 18.0 Å². The van der Waals surface area contributed by atoms with Crippen LogP contribution >= 0.6 is 0 Å². The first kappa shape index (κ1) is 17.9. The molecule has 1 unspecified atom stereocenters. The summed E-state index contributed by atoms with van der Waals surface area (Å²) in [4.78, 5) is 25.7. The fourth-order valence-corrected chi connectivity index (χ4v) is 4.71. The first-order valence-electron chi connectivity index (χ1n) is 8.53. The lowest BCUT2D eigenvalue weighted by molar-refractivity contribution is -0.139. The maximum atomic E-state index is 12.6. The zero-order chi connectivity index (χ0) is 18.4. The third-order valence-electron chi connectivity index (χ3n) is 5.58. The number of carbonyl (C=O) groups is 2. The van der Waals surface area contributed by atoms with Crippen molar-refractivity contribution in [3.8, 4) is 0 Å². The van der Waals surface area contributed by atoms with Gasteiger partial charge in [-0.15, -0.1) is 0 Å². The van der Waals surface area contributed by atoms with Crippen LogP contribution in [0.3, 0.4) is 0 Å². The van der Waals surface area contributed by atoms with Crippen molar-refractivity contribution in [1.29, 1.82) is 0 Å². The van der Waals surface area contributed by atoms with Crippen LogP contribution in [-0.4, -0.2) is 48.6 Å². The molecule has 1 amide bonds. The average Bonchev–Trinajstić information content (AvgIpc) is 3.29. The van der Waals surface area contributed by atoms with E-state index in [4.69, 9.17) is 5.11 Å². The Labute approximate surface area is 147 Å². The Morgan fingerprint density at radius 2 is 1.72 bits per heavy atom. The summed E-state index contributed by atoms with van der Waals surface area (Å²) in [6.07, 6.45) is 2.15. The standard InChI is InChI=1S/C18H23NO5S/c1-12(2)25(23,24)14-5-3-13(4-6-14)16(20)19-9-7-18(8-10-19)11-15(18)17(21)22/h3-6,12,15H,7-11H2,1-2H3,(H,21,22). The minimum atomic E-state index is -3.35. The normalized spacial score (nSPS) is 22.2. The number of carboxylic acids is 1. The van der Waals surface area contributed by atoms with Crippen molar-refractivity contribution in [2.45, 2.75) is 43.3 Å². The van der Waals surface area contributed by atoms with Gasteiger partial charge in [-0.1, -0.05) is 0 Å². The van der Waals surface area contributed by atoms with Crippen molar-refractivity contribution in [3.63, 3.8) is 0 Å². The van der Waals surface area contributed by atoms with E-state index in [1.165, 1.54) is 12.1 Å². The van der Waals surface area contributed by atoms with Crippen LogP contribution in [-0.2, 0) is 14.6 Å². The second-order valence-corrected chi connectivity index (χ2v) is 9.87. The third-order valence-corrected chi connectivity index (χ3v) is 7.76. The van der Waals surface area contributed by atoms with E-state index < -0.39 is 21.1 Å². The number of amides is 1. The van der Waals surface area contributed by atoms with E-state index in [1.54, 1.807) is 30.9 Å². The molecule has 2 aliphatic rings. The van der Waals surface area contributed by atoms with E-state index in [0.29, 0.717) is 25.1 Å². The van der Waals surface area contributed by atoms with Gasteiger partial charge >= 0.3 is 5.97 Å². The summed E-state index contributed by atoms with van der Waals surface area (Å²) in [5.74, 6) is -1.12. The van der Waals surface area contributed by atoms with Gasteiger partial charge < -0.3 is 10.0 Å². The van der Waals surface area contributed by atoms with Crippen molar-refractivity contribution in [1.82, 2.24) is 4.90 Å². The molecule has 7 heteroatoms. The Bertz CT molecular complexity index is 789. The van der Waals surface area contributed by atoms with Crippen LogP contribution in [0.2, 0.25) is 0 Å². The Morgan fingerprint density at radius 1 is 1.16 bits per heavy atom. The Kier molecular flexibility index (Phi) is 4.39. The molecule has 1 atom stereocenters. The summed E-state index contributed by atoms with van der Waals surface area (Å²) in [5, 5.41) is 8.62. The number of hydrogen-bond acceptors (Lipinski definition) is 4. The van der Waals surface area contributed by atoms with E-state index in [2.05, 4.69) is 0 Å². The molecule has 2 fully saturated rings. The number of rotatable bonds is 4. The van der Waals surface area contributed by atoms with Crippen LogP contribution in [0, 0.1) is 11.3 Å². The molecule has 1 heterocycles. The summed E-state index contributed by atoms with van der Waals surface area (Å²) < 4.78 is 24.3. The highest BCUT2D eigenvalue weighted by Crippen LogP contribution is 2.59. The van der Waals surface area contributed by atoms with Crippen molar-refractivity contribution in [2.75, 3.05) is 13.1 Å². The van der Waals surface area contributed by atoms with Crippen LogP contribution in [0.25, 0.3) is 0 Å². The molecule has 3 rings (SSSR count). The first-order chi connectivity index (χ1) is 11.7. The molecule has 136 valence electrons. The highest BCUT2D eigenvalue weighted by Gasteiger charge is 2.59. The van der Waals surface area contributed by atoms with Crippen molar-refractivity contribution < 1.29 is 23.1 Å². The molecule has 1 aliphatic heterocycles. The number of aliphatic carboxylic acids is 1. The molecule has 6 nitrogen and oxygen atoms in total. The summed E-state index contributed by atoms with van der Waals surface area (Å²) in [6, 6.07) is 6.07. The number of carbonyl (C=O) groups excluding carboxylic acids is 1. The molecule has 1 aliphatic carbocycles. The minimum Gasteiger partial charge on any atom is -0.481 e. The van der Waals surface area contributed by atoms with Crippen LogP contribution in [0.4, 0.5) is 0 Å². The summed E-state index contributed by atoms with van der Waals surface area (Å²) in [5.41, 5.74) is 0.349. The van der Waals surface area contributed by atoms with Gasteiger partial charge in [0.15, 0.2) is 9.84 Å². The molecular formula is C18H23NO5S. The van der Waals surface area contributed by atoms with Crippen molar-refractivity contribution in [3.05, 3.63) is 29.8 Å². The highest BCUT2D eigenvalue weighted by molar-refractivity contribution is 7.92. The molecule has 0 bridgehead atoms. The molecular weight excluding hydrogens is 342 g/mol. The topological polar surface area (TPSA) is 91.8 Å². The predicted molar refractivity (Wildman–Crippen MR) is 92.1 cm³/mol. The van der Waals surface area contributed by atoms with E-state index in [1.807, 2.05) is 0 Å². The van der Waals surface area contributed by atoms with Gasteiger partial charge in [-0.3, -0.25) is 9.59 Å². The SMILES string of the molecule is CC(C)S(=O)(=O)c1ccc(C(=O)N2CCC3(CC2)CC3C(=O)O)cc1. The van der Waals surface area contributed by atoms with Gasteiger partial charge in [-0.05, 0) is 62.8 Å². The number of piperidine rings is 1. The van der Waals surface area contributed by atoms with Gasteiger partial charge in [-0.2, -0.15) is 0 Å². The number of hydrogen-bond donors (Lipinski definition) is 1. The quantitative estimate of drug-likeness (QED) is 0.883. The molecule has 1 aromatic carbocycles. The molecule has 0 aromatic heterocycles. The Balaban J connectivity index is 1.66. The maximum absolute atomic E-state index is 12.6. The zero-order valence-electron chi connectivity index (χ0n) is 14.4. The molecule has 0 radical (unpaired) electrons. The van der Waals surface area contributed by atoms with Gasteiger partial charge in [0, 0.05) is 18.7 Å². The van der Waals surface area contributed by atoms with Crippen LogP contribution in [0.15, 0.2) is 29.2 Å². The fourth-order valence-electron chi connectivity index (χ4n) is 3.65. The number of nitrogens with zero attached hydrogens (tertiary/aromatic N) is 1. The van der Waals surface area contributed by atoms with Gasteiger partial charge in [0.1, 0.15) is 0 Å². The Morgan fingerprint density at radius 3 is 2.16 bits per heavy atom. The number of sulfone groups is 1. The molecule has 1 spiro atoms. The van der Waals surface area contributed by atoms with Gasteiger partial charge in [0.2, 0.25) is 0 Å². The largest absolute Gasteiger partial charge is 0.481 e. The van der Waals surface area contributed by atoms with Crippen LogP contribution < -0.4 is 0 Å². The lowest BCUT2D eigenvalue weighted by Gasteiger charge is -2.32.